The first kappa shape index (κ1) is 12.5. The Hall–Kier alpha value is -1.48. The molecular formula is C11H15N3O5. The molecule has 3 atom stereocenters. The molecule has 0 radical (unpaired) electrons. The van der Waals surface area contributed by atoms with Gasteiger partial charge >= 0.3 is 5.69 Å². The Morgan fingerprint density at radius 3 is 3.16 bits per heavy atom. The second-order valence-corrected chi connectivity index (χ2v) is 4.62. The van der Waals surface area contributed by atoms with Crippen LogP contribution in [0.3, 0.4) is 0 Å². The number of nitrogens with one attached hydrogen (secondary N) is 1. The van der Waals surface area contributed by atoms with Crippen LogP contribution in [0.5, 0.6) is 0 Å². The first-order valence-corrected chi connectivity index (χ1v) is 6.13. The molecule has 8 nitrogen and oxygen atoms in total. The van der Waals surface area contributed by atoms with E-state index in [2.05, 4.69) is 10.5 Å². The first-order chi connectivity index (χ1) is 9.19. The zero-order valence-electron chi connectivity index (χ0n) is 10.2. The van der Waals surface area contributed by atoms with Crippen molar-refractivity contribution in [1.82, 2.24) is 9.55 Å². The molecular weight excluding hydrogens is 254 g/mol. The van der Waals surface area contributed by atoms with Gasteiger partial charge in [-0.25, -0.2) is 10.3 Å². The van der Waals surface area contributed by atoms with Gasteiger partial charge in [-0.3, -0.25) is 9.40 Å². The third kappa shape index (κ3) is 2.23. The predicted molar refractivity (Wildman–Crippen MR) is 63.4 cm³/mol. The van der Waals surface area contributed by atoms with E-state index in [1.165, 1.54) is 4.57 Å². The Bertz CT molecular complexity index is 532. The number of aliphatic hydroxyl groups is 2. The molecule has 2 aliphatic rings. The van der Waals surface area contributed by atoms with Crippen molar-refractivity contribution in [2.45, 2.75) is 31.3 Å². The summed E-state index contributed by atoms with van der Waals surface area (Å²) in [6.45, 7) is 0.223. The summed E-state index contributed by atoms with van der Waals surface area (Å²) in [5.41, 5.74) is 2.97. The average Bonchev–Trinajstić information content (AvgIpc) is 2.79. The van der Waals surface area contributed by atoms with Crippen LogP contribution < -0.4 is 11.2 Å². The summed E-state index contributed by atoms with van der Waals surface area (Å²) < 4.78 is 6.80. The van der Waals surface area contributed by atoms with Crippen molar-refractivity contribution in [3.8, 4) is 0 Å². The van der Waals surface area contributed by atoms with Gasteiger partial charge in [0.15, 0.2) is 5.82 Å². The standard InChI is InChI=1S/C11H15N3O5/c15-5-8-7(16)3-9(19-8)14-4-6-1-2-18-13-10(6)12-11(14)17/h4,7-9,15-16H,1-3,5H2,(H,12,13,17). The SMILES string of the molecule is O=c1nc2c(cn1C1CC(O)C(CO)O1)CCON2. The highest BCUT2D eigenvalue weighted by molar-refractivity contribution is 5.41. The average molecular weight is 269 g/mol. The molecule has 1 fully saturated rings. The molecule has 8 heteroatoms. The van der Waals surface area contributed by atoms with E-state index >= 15 is 0 Å². The van der Waals surface area contributed by atoms with Gasteiger partial charge < -0.3 is 14.9 Å². The van der Waals surface area contributed by atoms with Crippen molar-refractivity contribution >= 4 is 5.82 Å². The monoisotopic (exact) mass is 269 g/mol. The minimum atomic E-state index is -0.778. The minimum Gasteiger partial charge on any atom is -0.394 e. The van der Waals surface area contributed by atoms with Gasteiger partial charge in [-0.15, -0.1) is 0 Å². The fourth-order valence-electron chi connectivity index (χ4n) is 2.32. The number of anilines is 1. The van der Waals surface area contributed by atoms with E-state index < -0.39 is 24.1 Å². The number of hydrogen-bond donors (Lipinski definition) is 3. The number of ether oxygens (including phenoxy) is 1. The lowest BCUT2D eigenvalue weighted by molar-refractivity contribution is -0.0460. The third-order valence-electron chi connectivity index (χ3n) is 3.36. The summed E-state index contributed by atoms with van der Waals surface area (Å²) in [5.74, 6) is 0.421. The van der Waals surface area contributed by atoms with E-state index in [1.54, 1.807) is 6.20 Å². The molecule has 3 unspecified atom stereocenters. The molecule has 0 aliphatic carbocycles. The number of aromatic nitrogens is 2. The molecule has 3 rings (SSSR count). The normalized spacial score (nSPS) is 29.9. The molecule has 1 saturated heterocycles. The van der Waals surface area contributed by atoms with Crippen LogP contribution in [0.4, 0.5) is 5.82 Å². The number of fused-ring (bicyclic) bond motifs is 1. The quantitative estimate of drug-likeness (QED) is 0.618. The molecule has 19 heavy (non-hydrogen) atoms. The fraction of sp³-hybridized carbons (Fsp3) is 0.636. The van der Waals surface area contributed by atoms with Crippen LogP contribution in [0.2, 0.25) is 0 Å². The van der Waals surface area contributed by atoms with Crippen LogP contribution in [0.25, 0.3) is 0 Å². The number of rotatable bonds is 2. The summed E-state index contributed by atoms with van der Waals surface area (Å²) >= 11 is 0. The van der Waals surface area contributed by atoms with E-state index in [0.717, 1.165) is 5.56 Å². The molecule has 3 heterocycles. The van der Waals surface area contributed by atoms with E-state index in [9.17, 15) is 9.90 Å². The van der Waals surface area contributed by atoms with Crippen molar-refractivity contribution in [2.75, 3.05) is 18.7 Å². The maximum atomic E-state index is 11.9. The Labute approximate surface area is 108 Å². The maximum absolute atomic E-state index is 11.9. The second-order valence-electron chi connectivity index (χ2n) is 4.62. The van der Waals surface area contributed by atoms with Gasteiger partial charge in [0.25, 0.3) is 0 Å². The highest BCUT2D eigenvalue weighted by Gasteiger charge is 2.35. The van der Waals surface area contributed by atoms with Gasteiger partial charge in [0.05, 0.1) is 19.3 Å². The van der Waals surface area contributed by atoms with Crippen LogP contribution in [0.15, 0.2) is 11.0 Å². The van der Waals surface area contributed by atoms with E-state index in [4.69, 9.17) is 14.7 Å². The minimum absolute atomic E-state index is 0.259. The third-order valence-corrected chi connectivity index (χ3v) is 3.36. The molecule has 104 valence electrons. The van der Waals surface area contributed by atoms with Gasteiger partial charge in [0.2, 0.25) is 0 Å². The van der Waals surface area contributed by atoms with E-state index in [0.29, 0.717) is 18.8 Å². The van der Waals surface area contributed by atoms with Crippen LogP contribution in [0, 0.1) is 0 Å². The molecule has 0 aromatic carbocycles. The van der Waals surface area contributed by atoms with Crippen LogP contribution in [-0.2, 0) is 16.0 Å². The molecule has 0 spiro atoms. The summed E-state index contributed by atoms with van der Waals surface area (Å²) in [6.07, 6.45) is 0.537. The Balaban J connectivity index is 1.91. The highest BCUT2D eigenvalue weighted by Crippen LogP contribution is 2.28. The summed E-state index contributed by atoms with van der Waals surface area (Å²) in [7, 11) is 0. The second kappa shape index (κ2) is 4.89. The van der Waals surface area contributed by atoms with Crippen LogP contribution in [0.1, 0.15) is 18.2 Å². The van der Waals surface area contributed by atoms with Crippen molar-refractivity contribution in [1.29, 1.82) is 0 Å². The maximum Gasteiger partial charge on any atom is 0.351 e. The summed E-state index contributed by atoms with van der Waals surface area (Å²) in [5, 5.41) is 18.7. The fourth-order valence-corrected chi connectivity index (χ4v) is 2.32. The lowest BCUT2D eigenvalue weighted by atomic mass is 10.2. The van der Waals surface area contributed by atoms with Gasteiger partial charge in [0, 0.05) is 24.6 Å². The van der Waals surface area contributed by atoms with Gasteiger partial charge in [-0.1, -0.05) is 0 Å². The highest BCUT2D eigenvalue weighted by atomic mass is 16.6. The number of nitrogens with zero attached hydrogens (tertiary/aromatic N) is 2. The predicted octanol–water partition coefficient (Wildman–Crippen LogP) is -1.22. The Morgan fingerprint density at radius 2 is 2.42 bits per heavy atom. The first-order valence-electron chi connectivity index (χ1n) is 6.13. The van der Waals surface area contributed by atoms with Crippen molar-refractivity contribution in [3.05, 3.63) is 22.2 Å². The molecule has 0 bridgehead atoms. The Morgan fingerprint density at radius 1 is 1.58 bits per heavy atom. The smallest absolute Gasteiger partial charge is 0.351 e. The molecule has 1 aromatic rings. The van der Waals surface area contributed by atoms with Gasteiger partial charge in [-0.05, 0) is 0 Å². The topological polar surface area (TPSA) is 106 Å². The number of hydrogen-bond acceptors (Lipinski definition) is 7. The Kier molecular flexibility index (Phi) is 3.23. The van der Waals surface area contributed by atoms with Crippen molar-refractivity contribution in [2.24, 2.45) is 0 Å². The van der Waals surface area contributed by atoms with E-state index in [1.807, 2.05) is 0 Å². The number of aliphatic hydroxyl groups excluding tert-OH is 2. The van der Waals surface area contributed by atoms with Crippen molar-refractivity contribution < 1.29 is 19.8 Å². The zero-order chi connectivity index (χ0) is 13.4. The molecule has 3 N–H and O–H groups in total. The van der Waals surface area contributed by atoms with Gasteiger partial charge in [-0.2, -0.15) is 4.98 Å². The zero-order valence-corrected chi connectivity index (χ0v) is 10.2. The lowest BCUT2D eigenvalue weighted by Crippen LogP contribution is -2.31. The molecule has 2 aliphatic heterocycles. The van der Waals surface area contributed by atoms with Crippen LogP contribution in [-0.4, -0.2) is 45.2 Å². The van der Waals surface area contributed by atoms with Gasteiger partial charge in [0.1, 0.15) is 12.3 Å². The molecule has 0 amide bonds. The summed E-state index contributed by atoms with van der Waals surface area (Å²) in [4.78, 5) is 20.8. The van der Waals surface area contributed by atoms with Crippen LogP contribution >= 0.6 is 0 Å². The summed E-state index contributed by atoms with van der Waals surface area (Å²) in [6, 6.07) is 0. The lowest BCUT2D eigenvalue weighted by Gasteiger charge is -2.20. The largest absolute Gasteiger partial charge is 0.394 e. The molecule has 1 aromatic heterocycles. The molecule has 0 saturated carbocycles. The van der Waals surface area contributed by atoms with Crippen molar-refractivity contribution in [3.63, 3.8) is 0 Å². The van der Waals surface area contributed by atoms with E-state index in [-0.39, 0.29) is 13.0 Å².